The topological polar surface area (TPSA) is 124 Å². The molecular formula is C41H57NO5S2. The number of carboxylic acids is 1. The largest absolute Gasteiger partial charge is 0.481 e. The summed E-state index contributed by atoms with van der Waals surface area (Å²) >= 11 is 0. The van der Waals surface area contributed by atoms with Crippen LogP contribution in [0.5, 0.6) is 0 Å². The molecule has 8 atom stereocenters. The molecule has 2 bridgehead atoms. The first-order chi connectivity index (χ1) is 23.9. The zero-order valence-corrected chi connectivity index (χ0v) is 30.5. The van der Waals surface area contributed by atoms with Gasteiger partial charge in [-0.05, 0) is 115 Å². The van der Waals surface area contributed by atoms with E-state index in [9.17, 15) is 25.2 Å². The number of aliphatic hydroxyl groups is 3. The minimum atomic E-state index is -0.883. The lowest BCUT2D eigenvalue weighted by molar-refractivity contribution is -0.139. The quantitative estimate of drug-likeness (QED) is 0.113. The van der Waals surface area contributed by atoms with Crippen molar-refractivity contribution in [2.24, 2.45) is 47.2 Å². The number of carbonyl (C=O) groups is 1. The van der Waals surface area contributed by atoms with Crippen LogP contribution >= 0.6 is 21.6 Å². The van der Waals surface area contributed by atoms with Gasteiger partial charge >= 0.3 is 5.97 Å². The lowest BCUT2D eigenvalue weighted by Gasteiger charge is -2.42. The summed E-state index contributed by atoms with van der Waals surface area (Å²) in [4.78, 5) is 12.3. The molecule has 2 aromatic carbocycles. The van der Waals surface area contributed by atoms with E-state index in [0.717, 1.165) is 74.9 Å². The van der Waals surface area contributed by atoms with E-state index in [1.807, 2.05) is 39.8 Å². The third-order valence-electron chi connectivity index (χ3n) is 11.5. The first-order valence-corrected chi connectivity index (χ1v) is 21.0. The van der Waals surface area contributed by atoms with E-state index >= 15 is 0 Å². The zero-order valence-electron chi connectivity index (χ0n) is 28.8. The molecule has 6 N–H and O–H groups in total. The Bertz CT molecular complexity index is 1380. The Morgan fingerprint density at radius 1 is 0.918 bits per heavy atom. The number of nitrogens with two attached hydrogens (primary N) is 1. The smallest absolute Gasteiger partial charge is 0.303 e. The van der Waals surface area contributed by atoms with E-state index < -0.39 is 18.2 Å². The molecule has 2 aliphatic carbocycles. The van der Waals surface area contributed by atoms with Gasteiger partial charge in [-0.1, -0.05) is 114 Å². The van der Waals surface area contributed by atoms with E-state index in [2.05, 4.69) is 54.6 Å². The lowest BCUT2D eigenvalue weighted by atomic mass is 9.63. The number of rotatable bonds is 12. The van der Waals surface area contributed by atoms with Crippen LogP contribution in [0, 0.1) is 41.4 Å². The average molecular weight is 708 g/mol. The molecule has 0 saturated heterocycles. The first-order valence-electron chi connectivity index (χ1n) is 18.5. The number of hydrogen-bond acceptors (Lipinski definition) is 7. The van der Waals surface area contributed by atoms with Crippen LogP contribution in [0.4, 0.5) is 0 Å². The SMILES string of the molecule is NCC[C@@H]1[C@@H](CC(=O)O)[C@@H]2C=C[C@H]1C[C@@H](CC=C[C@H](O)[C@H](O)C1CCCCC1)[C@@H](Cc1cccc(CO)c1)CSSCc1ccccc1C2. The molecule has 4 aliphatic rings. The number of benzene rings is 2. The van der Waals surface area contributed by atoms with Crippen molar-refractivity contribution in [1.29, 1.82) is 0 Å². The zero-order chi connectivity index (χ0) is 34.6. The van der Waals surface area contributed by atoms with E-state index in [1.165, 1.54) is 23.1 Å². The van der Waals surface area contributed by atoms with E-state index in [0.29, 0.717) is 12.5 Å². The van der Waals surface area contributed by atoms with Crippen LogP contribution in [-0.2, 0) is 30.0 Å². The van der Waals surface area contributed by atoms with Crippen LogP contribution in [0.2, 0.25) is 0 Å². The Hall–Kier alpha value is -2.07. The Kier molecular flexibility index (Phi) is 15.2. The summed E-state index contributed by atoms with van der Waals surface area (Å²) in [6.45, 7) is 0.532. The van der Waals surface area contributed by atoms with Crippen molar-refractivity contribution < 1.29 is 25.2 Å². The molecule has 0 radical (unpaired) electrons. The van der Waals surface area contributed by atoms with Gasteiger partial charge in [0.05, 0.1) is 18.8 Å². The number of fused-ring (bicyclic) bond motifs is 7. The van der Waals surface area contributed by atoms with Crippen molar-refractivity contribution >= 4 is 27.6 Å². The Labute approximate surface area is 301 Å². The van der Waals surface area contributed by atoms with Crippen LogP contribution in [0.15, 0.2) is 72.8 Å². The van der Waals surface area contributed by atoms with Crippen molar-refractivity contribution in [3.05, 3.63) is 95.1 Å². The molecule has 0 unspecified atom stereocenters. The molecule has 6 nitrogen and oxygen atoms in total. The second kappa shape index (κ2) is 19.5. The monoisotopic (exact) mass is 707 g/mol. The van der Waals surface area contributed by atoms with Gasteiger partial charge < -0.3 is 26.2 Å². The second-order valence-corrected chi connectivity index (χ2v) is 17.2. The summed E-state index contributed by atoms with van der Waals surface area (Å²) in [5.41, 5.74) is 11.0. The molecule has 1 fully saturated rings. The van der Waals surface area contributed by atoms with Gasteiger partial charge in [-0.25, -0.2) is 0 Å². The summed E-state index contributed by atoms with van der Waals surface area (Å²) in [7, 11) is 3.82. The Morgan fingerprint density at radius 2 is 1.67 bits per heavy atom. The summed E-state index contributed by atoms with van der Waals surface area (Å²) in [5.74, 6) is 2.29. The molecule has 0 spiro atoms. The number of aliphatic carboxylic acids is 1. The minimum Gasteiger partial charge on any atom is -0.481 e. The van der Waals surface area contributed by atoms with Gasteiger partial charge in [-0.2, -0.15) is 0 Å². The van der Waals surface area contributed by atoms with E-state index in [-0.39, 0.29) is 48.5 Å². The third-order valence-corrected chi connectivity index (χ3v) is 13.9. The van der Waals surface area contributed by atoms with E-state index in [4.69, 9.17) is 5.73 Å². The highest BCUT2D eigenvalue weighted by molar-refractivity contribution is 8.76. The van der Waals surface area contributed by atoms with Gasteiger partial charge in [-0.15, -0.1) is 0 Å². The number of carboxylic acid groups (broad SMARTS) is 1. The molecule has 49 heavy (non-hydrogen) atoms. The average Bonchev–Trinajstić information content (AvgIpc) is 3.11. The highest BCUT2D eigenvalue weighted by atomic mass is 33.1. The summed E-state index contributed by atoms with van der Waals surface area (Å²) < 4.78 is 0. The predicted octanol–water partition coefficient (Wildman–Crippen LogP) is 7.59. The summed E-state index contributed by atoms with van der Waals surface area (Å²) in [5, 5.41) is 42.0. The van der Waals surface area contributed by atoms with Gasteiger partial charge in [0.15, 0.2) is 0 Å². The third kappa shape index (κ3) is 11.0. The molecule has 0 aromatic heterocycles. The molecule has 6 rings (SSSR count). The Morgan fingerprint density at radius 3 is 2.43 bits per heavy atom. The minimum absolute atomic E-state index is 0.00239. The molecule has 2 aliphatic heterocycles. The maximum Gasteiger partial charge on any atom is 0.303 e. The maximum atomic E-state index is 12.3. The summed E-state index contributed by atoms with van der Waals surface area (Å²) in [6, 6.07) is 16.9. The Balaban J connectivity index is 1.48. The molecular weight excluding hydrogens is 651 g/mol. The normalized spacial score (nSPS) is 28.2. The van der Waals surface area contributed by atoms with Gasteiger partial charge in [0.1, 0.15) is 0 Å². The molecule has 2 heterocycles. The first kappa shape index (κ1) is 38.2. The van der Waals surface area contributed by atoms with Crippen molar-refractivity contribution in [1.82, 2.24) is 0 Å². The maximum absolute atomic E-state index is 12.3. The van der Waals surface area contributed by atoms with E-state index in [1.54, 1.807) is 0 Å². The molecule has 1 saturated carbocycles. The number of allylic oxidation sites excluding steroid dienone is 3. The predicted molar refractivity (Wildman–Crippen MR) is 203 cm³/mol. The molecule has 268 valence electrons. The second-order valence-electron chi connectivity index (χ2n) is 14.7. The summed E-state index contributed by atoms with van der Waals surface area (Å²) in [6.07, 6.45) is 16.6. The van der Waals surface area contributed by atoms with Crippen LogP contribution in [0.25, 0.3) is 0 Å². The fraction of sp³-hybridized carbons (Fsp3) is 0.585. The van der Waals surface area contributed by atoms with Gasteiger partial charge in [-0.3, -0.25) is 4.79 Å². The van der Waals surface area contributed by atoms with Crippen molar-refractivity contribution in [2.75, 3.05) is 12.3 Å². The highest BCUT2D eigenvalue weighted by Crippen LogP contribution is 2.46. The lowest BCUT2D eigenvalue weighted by Crippen LogP contribution is -2.37. The molecule has 8 heteroatoms. The van der Waals surface area contributed by atoms with Crippen molar-refractivity contribution in [3.63, 3.8) is 0 Å². The number of hydrogen-bond donors (Lipinski definition) is 5. The van der Waals surface area contributed by atoms with Crippen LogP contribution in [0.1, 0.15) is 80.0 Å². The van der Waals surface area contributed by atoms with Gasteiger partial charge in [0.2, 0.25) is 0 Å². The van der Waals surface area contributed by atoms with Crippen molar-refractivity contribution in [2.45, 2.75) is 95.2 Å². The van der Waals surface area contributed by atoms with Gasteiger partial charge in [0, 0.05) is 17.9 Å². The standard InChI is InChI=1S/C41H57NO5S2/c42-19-18-37-33-16-17-34(38(37)24-40(45)46)22-31-12-4-5-13-35(31)26-48-49-27-36(21-28-8-6-9-29(20-28)25-43)32(23-33)14-7-15-39(44)41(47)30-10-2-1-3-11-30/h4-9,12-13,15-17,20,30,32-34,36-39,41,43-44,47H,1-3,10-11,14,18-19,21-27,42H2,(H,45,46)/t32-,33+,34-,36+,37+,38+,39+,41-/m1/s1. The van der Waals surface area contributed by atoms with Crippen LogP contribution < -0.4 is 5.73 Å². The van der Waals surface area contributed by atoms with Gasteiger partial charge in [0.25, 0.3) is 0 Å². The van der Waals surface area contributed by atoms with Crippen LogP contribution in [-0.4, -0.2) is 50.9 Å². The number of aliphatic hydroxyl groups excluding tert-OH is 3. The highest BCUT2D eigenvalue weighted by Gasteiger charge is 2.39. The molecule has 2 aromatic rings. The fourth-order valence-electron chi connectivity index (χ4n) is 8.81. The molecule has 0 amide bonds. The van der Waals surface area contributed by atoms with Crippen molar-refractivity contribution in [3.8, 4) is 0 Å². The fourth-order valence-corrected chi connectivity index (χ4v) is 11.4. The van der Waals surface area contributed by atoms with Crippen LogP contribution in [0.3, 0.4) is 0 Å².